The minimum atomic E-state index is -1.82. The van der Waals surface area contributed by atoms with Gasteiger partial charge in [0, 0.05) is 18.6 Å². The number of carboxylic acid groups (broad SMARTS) is 8. The summed E-state index contributed by atoms with van der Waals surface area (Å²) in [4.78, 5) is 180. The molecular formula is C72H85N13O22. The summed E-state index contributed by atoms with van der Waals surface area (Å²) >= 11 is 0. The van der Waals surface area contributed by atoms with Gasteiger partial charge in [0.25, 0.3) is 17.7 Å². The van der Waals surface area contributed by atoms with Crippen LogP contribution in [0.2, 0.25) is 0 Å². The fourth-order valence-electron chi connectivity index (χ4n) is 11.0. The van der Waals surface area contributed by atoms with Gasteiger partial charge in [-0.15, -0.1) is 0 Å². The summed E-state index contributed by atoms with van der Waals surface area (Å²) in [6.45, 7) is 5.33. The lowest BCUT2D eigenvalue weighted by molar-refractivity contribution is -0.159. The van der Waals surface area contributed by atoms with Gasteiger partial charge in [0.05, 0.1) is 70.4 Å². The number of amides is 6. The first kappa shape index (κ1) is 85.2. The van der Waals surface area contributed by atoms with Crippen LogP contribution in [0.5, 0.6) is 0 Å². The number of para-hydroxylation sites is 6. The van der Waals surface area contributed by atoms with Crippen molar-refractivity contribution in [2.75, 3.05) is 104 Å². The molecule has 6 heterocycles. The second-order valence-electron chi connectivity index (χ2n) is 24.1. The number of unbranched alkanes of at least 4 members (excludes halogenated alkanes) is 11. The SMILES string of the molecule is CN(CCCCCCCCN(C)CCCCCCN(CC(=O)N1c2ccccc2NC(=O)c2cccnc21)CC(=O)N1c2ccccc2NC(=O)c2cccnc21)CCCCCCNCC(=O)N1c2ccccc2NC(=O)c2cccnc21.O=C(O)C(=O)O.O=C(O)C(=O)O.O=C(O)C(=O)O.O=C(O)C(=O)O. The van der Waals surface area contributed by atoms with Gasteiger partial charge < -0.3 is 71.9 Å². The summed E-state index contributed by atoms with van der Waals surface area (Å²) < 4.78 is 0. The van der Waals surface area contributed by atoms with Gasteiger partial charge in [0.15, 0.2) is 17.5 Å². The molecule has 0 unspecified atom stereocenters. The number of carboxylic acids is 8. The van der Waals surface area contributed by atoms with Crippen LogP contribution >= 0.6 is 0 Å². The van der Waals surface area contributed by atoms with Crippen molar-refractivity contribution in [3.05, 3.63) is 144 Å². The van der Waals surface area contributed by atoms with Gasteiger partial charge in [-0.1, -0.05) is 87.8 Å². The van der Waals surface area contributed by atoms with Gasteiger partial charge in [-0.3, -0.25) is 48.4 Å². The molecule has 0 saturated carbocycles. The predicted molar refractivity (Wildman–Crippen MR) is 387 cm³/mol. The number of rotatable bonds is 29. The van der Waals surface area contributed by atoms with Crippen molar-refractivity contribution in [1.29, 1.82) is 0 Å². The van der Waals surface area contributed by atoms with Crippen molar-refractivity contribution >= 4 is 135 Å². The van der Waals surface area contributed by atoms with Gasteiger partial charge in [-0.2, -0.15) is 0 Å². The number of aromatic nitrogens is 3. The second kappa shape index (κ2) is 44.2. The van der Waals surface area contributed by atoms with E-state index >= 15 is 0 Å². The normalized spacial score (nSPS) is 12.0. The molecule has 0 fully saturated rings. The monoisotopic (exact) mass is 1480 g/mol. The summed E-state index contributed by atoms with van der Waals surface area (Å²) in [5.74, 6) is -15.7. The number of nitrogens with zero attached hydrogens (tertiary/aromatic N) is 9. The van der Waals surface area contributed by atoms with Crippen LogP contribution in [0, 0.1) is 0 Å². The van der Waals surface area contributed by atoms with Crippen LogP contribution in [-0.2, 0) is 52.7 Å². The van der Waals surface area contributed by atoms with Crippen LogP contribution in [0.4, 0.5) is 51.6 Å². The topological polar surface area (TPSA) is 507 Å². The van der Waals surface area contributed by atoms with Crippen molar-refractivity contribution in [3.8, 4) is 0 Å². The van der Waals surface area contributed by atoms with Crippen molar-refractivity contribution in [2.45, 2.75) is 89.9 Å². The molecule has 0 radical (unpaired) electrons. The van der Waals surface area contributed by atoms with Gasteiger partial charge in [0.2, 0.25) is 17.7 Å². The number of anilines is 9. The highest BCUT2D eigenvalue weighted by Crippen LogP contribution is 2.40. The average molecular weight is 1480 g/mol. The molecule has 3 aliphatic heterocycles. The Hall–Kier alpha value is -12.5. The van der Waals surface area contributed by atoms with Crippen LogP contribution in [0.15, 0.2) is 128 Å². The molecule has 0 atom stereocenters. The Morgan fingerprint density at radius 3 is 0.907 bits per heavy atom. The van der Waals surface area contributed by atoms with E-state index < -0.39 is 47.8 Å². The number of nitrogens with one attached hydrogen (secondary N) is 4. The third-order valence-electron chi connectivity index (χ3n) is 16.1. The lowest BCUT2D eigenvalue weighted by Gasteiger charge is -2.29. The molecule has 12 N–H and O–H groups in total. The average Bonchev–Trinajstić information content (AvgIpc) is 1.70. The number of benzene rings is 3. The zero-order chi connectivity index (χ0) is 78.5. The third kappa shape index (κ3) is 27.6. The molecule has 0 aliphatic carbocycles. The van der Waals surface area contributed by atoms with Gasteiger partial charge in [-0.25, -0.2) is 53.3 Å². The zero-order valence-corrected chi connectivity index (χ0v) is 58.7. The zero-order valence-electron chi connectivity index (χ0n) is 58.7. The molecule has 3 aromatic heterocycles. The number of carbonyl (C=O) groups is 14. The van der Waals surface area contributed by atoms with Crippen LogP contribution < -0.4 is 36.0 Å². The van der Waals surface area contributed by atoms with E-state index in [1.165, 1.54) is 48.3 Å². The van der Waals surface area contributed by atoms with Crippen molar-refractivity contribution < 1.29 is 108 Å². The summed E-state index contributed by atoms with van der Waals surface area (Å²) in [6.07, 6.45) is 20.1. The highest BCUT2D eigenvalue weighted by molar-refractivity contribution is 6.29. The van der Waals surface area contributed by atoms with Gasteiger partial charge >= 0.3 is 47.8 Å². The van der Waals surface area contributed by atoms with E-state index in [0.29, 0.717) is 52.1 Å². The van der Waals surface area contributed by atoms with E-state index in [2.05, 4.69) is 60.1 Å². The van der Waals surface area contributed by atoms with E-state index in [0.717, 1.165) is 84.1 Å². The maximum Gasteiger partial charge on any atom is 0.414 e. The minimum Gasteiger partial charge on any atom is -0.473 e. The lowest BCUT2D eigenvalue weighted by Crippen LogP contribution is -2.44. The lowest BCUT2D eigenvalue weighted by atomic mass is 10.1. The molecule has 35 nitrogen and oxygen atoms in total. The fourth-order valence-corrected chi connectivity index (χ4v) is 11.0. The summed E-state index contributed by atoms with van der Waals surface area (Å²) in [7, 11) is 4.41. The number of pyridine rings is 3. The first-order chi connectivity index (χ1) is 51.1. The quantitative estimate of drug-likeness (QED) is 0.0170. The molecule has 570 valence electrons. The van der Waals surface area contributed by atoms with Gasteiger partial charge in [0.1, 0.15) is 0 Å². The maximum absolute atomic E-state index is 14.7. The Labute approximate surface area is 613 Å². The minimum absolute atomic E-state index is 0.141. The molecule has 0 spiro atoms. The largest absolute Gasteiger partial charge is 0.473 e. The van der Waals surface area contributed by atoms with Crippen LogP contribution in [0.1, 0.15) is 121 Å². The Morgan fingerprint density at radius 2 is 0.607 bits per heavy atom. The smallest absolute Gasteiger partial charge is 0.414 e. The van der Waals surface area contributed by atoms with E-state index in [9.17, 15) is 28.8 Å². The number of hydrogen-bond donors (Lipinski definition) is 12. The van der Waals surface area contributed by atoms with Crippen molar-refractivity contribution in [1.82, 2.24) is 35.0 Å². The molecule has 3 aliphatic rings. The Kier molecular flexibility index (Phi) is 35.2. The molecule has 0 bridgehead atoms. The Morgan fingerprint density at radius 1 is 0.346 bits per heavy atom. The highest BCUT2D eigenvalue weighted by atomic mass is 16.5. The molecule has 3 aromatic carbocycles. The van der Waals surface area contributed by atoms with Gasteiger partial charge in [-0.05, 0) is 165 Å². The second-order valence-corrected chi connectivity index (χ2v) is 24.1. The van der Waals surface area contributed by atoms with E-state index in [1.54, 1.807) is 114 Å². The molecule has 6 amide bonds. The maximum atomic E-state index is 14.7. The highest BCUT2D eigenvalue weighted by Gasteiger charge is 2.35. The van der Waals surface area contributed by atoms with Crippen LogP contribution in [-0.4, -0.2) is 227 Å². The van der Waals surface area contributed by atoms with E-state index in [4.69, 9.17) is 79.2 Å². The first-order valence-corrected chi connectivity index (χ1v) is 33.8. The summed E-state index contributed by atoms with van der Waals surface area (Å²) in [5, 5.41) is 71.2. The molecule has 35 heteroatoms. The standard InChI is InChI=1S/C64H77N13O6.4C2H2O4/c1-72(41-20-8-5-17-35-65-44-56(78)75-53-32-14-11-29-50(53)69-62(81)47-26-23-36-66-59(47)75)39-18-6-3-4-7-19-40-73(2)42-21-9-10-22-43-74(45-57(79)76-54-33-15-12-30-51(54)70-63(82)48-27-24-37-67-60(48)76)46-58(80)77-55-34-16-13-31-52(55)71-64(83)49-28-25-38-68-61(49)77;4*3-1(4)2(5)6/h11-16,23-34,36-38,65H,3-10,17-22,35,39-46H2,1-2H3,(H,69,81)(H,70,82)(H,71,83);4*(H,3,4)(H,5,6). The predicted octanol–water partition coefficient (Wildman–Crippen LogP) is 6.80. The van der Waals surface area contributed by atoms with Crippen molar-refractivity contribution in [3.63, 3.8) is 0 Å². The summed E-state index contributed by atoms with van der Waals surface area (Å²) in [5.41, 5.74) is 4.01. The number of carbonyl (C=O) groups excluding carboxylic acids is 6. The van der Waals surface area contributed by atoms with Crippen molar-refractivity contribution in [2.24, 2.45) is 0 Å². The molecule has 0 saturated heterocycles. The molecule has 6 aromatic rings. The van der Waals surface area contributed by atoms with E-state index in [1.807, 2.05) is 23.1 Å². The first-order valence-electron chi connectivity index (χ1n) is 33.8. The van der Waals surface area contributed by atoms with Crippen LogP contribution in [0.3, 0.4) is 0 Å². The number of hydrogen-bond acceptors (Lipinski definition) is 21. The Balaban J connectivity index is 0.000000738. The molecule has 107 heavy (non-hydrogen) atoms. The Bertz CT molecular complexity index is 3870. The molecular weight excluding hydrogens is 1400 g/mol. The number of aliphatic carboxylic acids is 8. The summed E-state index contributed by atoms with van der Waals surface area (Å²) in [6, 6.07) is 31.6. The van der Waals surface area contributed by atoms with E-state index in [-0.39, 0.29) is 77.8 Å². The fraction of sp³-hybridized carbons (Fsp3) is 0.347. The van der Waals surface area contributed by atoms with Crippen LogP contribution in [0.25, 0.3) is 0 Å². The third-order valence-corrected chi connectivity index (χ3v) is 16.1. The number of fused-ring (bicyclic) bond motifs is 6. The molecule has 9 rings (SSSR count).